The van der Waals surface area contributed by atoms with Gasteiger partial charge in [0.15, 0.2) is 23.0 Å². The Balaban J connectivity index is 1.94. The van der Waals surface area contributed by atoms with E-state index in [-0.39, 0.29) is 34.8 Å². The summed E-state index contributed by atoms with van der Waals surface area (Å²) in [6.45, 7) is 1.92. The van der Waals surface area contributed by atoms with Crippen LogP contribution >= 0.6 is 0 Å². The van der Waals surface area contributed by atoms with E-state index in [4.69, 9.17) is 19.9 Å². The van der Waals surface area contributed by atoms with Gasteiger partial charge in [-0.25, -0.2) is 0 Å². The van der Waals surface area contributed by atoms with E-state index >= 15 is 0 Å². The summed E-state index contributed by atoms with van der Waals surface area (Å²) in [5.41, 5.74) is 6.95. The van der Waals surface area contributed by atoms with Crippen LogP contribution in [0.1, 0.15) is 30.4 Å². The van der Waals surface area contributed by atoms with Gasteiger partial charge in [0.1, 0.15) is 0 Å². The summed E-state index contributed by atoms with van der Waals surface area (Å²) in [7, 11) is 4.33. The summed E-state index contributed by atoms with van der Waals surface area (Å²) < 4.78 is 15.4. The molecule has 5 N–H and O–H groups in total. The number of nitrogens with two attached hydrogens (primary N) is 1. The normalized spacial score (nSPS) is 11.1. The monoisotopic (exact) mass is 527 g/mol. The highest BCUT2D eigenvalue weighted by atomic mass is 16.5. The summed E-state index contributed by atoms with van der Waals surface area (Å²) in [5.74, 6) is 0.271. The van der Waals surface area contributed by atoms with Gasteiger partial charge in [0.25, 0.3) is 0 Å². The minimum absolute atomic E-state index is 0.0250. The number of unbranched alkanes of at least 4 members (excludes halogenated alkanes) is 1. The Kier molecular flexibility index (Phi) is 12.5. The zero-order valence-electron chi connectivity index (χ0n) is 22.1. The van der Waals surface area contributed by atoms with Crippen LogP contribution < -0.4 is 25.3 Å². The number of carbonyl (C=O) groups is 2. The predicted octanol–water partition coefficient (Wildman–Crippen LogP) is 2.92. The molecule has 0 spiro atoms. The van der Waals surface area contributed by atoms with Gasteiger partial charge < -0.3 is 40.4 Å². The van der Waals surface area contributed by atoms with Crippen LogP contribution in [0, 0.1) is 0 Å². The molecule has 0 radical (unpaired) electrons. The number of hydrogen-bond acceptors (Lipinski definition) is 8. The number of carbonyl (C=O) groups excluding carboxylic acids is 2. The van der Waals surface area contributed by atoms with Crippen molar-refractivity contribution in [3.63, 3.8) is 0 Å². The molecule has 0 aliphatic carbocycles. The van der Waals surface area contributed by atoms with E-state index in [0.29, 0.717) is 49.5 Å². The first kappa shape index (κ1) is 30.0. The lowest BCUT2D eigenvalue weighted by atomic mass is 10.1. The molecule has 206 valence electrons. The number of nitrogens with one attached hydrogen (secondary N) is 1. The van der Waals surface area contributed by atoms with Crippen molar-refractivity contribution >= 4 is 24.0 Å². The Morgan fingerprint density at radius 1 is 0.868 bits per heavy atom. The van der Waals surface area contributed by atoms with Gasteiger partial charge in [0.2, 0.25) is 17.6 Å². The fourth-order valence-electron chi connectivity index (χ4n) is 3.57. The second-order valence-electron chi connectivity index (χ2n) is 8.34. The van der Waals surface area contributed by atoms with Gasteiger partial charge >= 0.3 is 0 Å². The summed E-state index contributed by atoms with van der Waals surface area (Å²) in [6.07, 6.45) is 8.24. The number of phenolic OH excluding ortho intramolecular Hbond substituents is 2. The molecule has 0 aromatic heterocycles. The van der Waals surface area contributed by atoms with Crippen molar-refractivity contribution in [3.8, 4) is 28.7 Å². The zero-order valence-corrected chi connectivity index (χ0v) is 22.1. The highest BCUT2D eigenvalue weighted by Crippen LogP contribution is 2.37. The predicted molar refractivity (Wildman–Crippen MR) is 146 cm³/mol. The number of hydrogen-bond donors (Lipinski definition) is 4. The van der Waals surface area contributed by atoms with E-state index in [1.54, 1.807) is 41.3 Å². The van der Waals surface area contributed by atoms with E-state index in [1.807, 2.05) is 0 Å². The van der Waals surface area contributed by atoms with Crippen LogP contribution in [-0.2, 0) is 9.59 Å². The first-order valence-electron chi connectivity index (χ1n) is 12.3. The second-order valence-corrected chi connectivity index (χ2v) is 8.34. The van der Waals surface area contributed by atoms with Gasteiger partial charge in [0.05, 0.1) is 21.3 Å². The molecule has 0 saturated carbocycles. The topological polar surface area (TPSA) is 144 Å². The molecule has 0 atom stereocenters. The average Bonchev–Trinajstić information content (AvgIpc) is 2.93. The Hall–Kier alpha value is -4.18. The van der Waals surface area contributed by atoms with E-state index < -0.39 is 0 Å². The van der Waals surface area contributed by atoms with E-state index in [0.717, 1.165) is 12.8 Å². The van der Waals surface area contributed by atoms with Crippen molar-refractivity contribution in [3.05, 3.63) is 53.6 Å². The maximum Gasteiger partial charge on any atom is 0.246 e. The first-order chi connectivity index (χ1) is 18.3. The number of amides is 2. The second kappa shape index (κ2) is 15.8. The minimum atomic E-state index is -0.270. The maximum absolute atomic E-state index is 12.9. The largest absolute Gasteiger partial charge is 0.504 e. The van der Waals surface area contributed by atoms with Gasteiger partial charge in [-0.2, -0.15) is 0 Å². The molecule has 0 fully saturated rings. The Labute approximate surface area is 223 Å². The molecular weight excluding hydrogens is 490 g/mol. The highest BCUT2D eigenvalue weighted by molar-refractivity contribution is 5.92. The van der Waals surface area contributed by atoms with Crippen molar-refractivity contribution < 1.29 is 34.0 Å². The molecule has 38 heavy (non-hydrogen) atoms. The molecule has 10 nitrogen and oxygen atoms in total. The summed E-state index contributed by atoms with van der Waals surface area (Å²) >= 11 is 0. The van der Waals surface area contributed by atoms with Crippen LogP contribution in [0.25, 0.3) is 12.2 Å². The third-order valence-corrected chi connectivity index (χ3v) is 5.65. The molecule has 2 aromatic rings. The number of aromatic hydroxyl groups is 2. The molecule has 0 aliphatic rings. The molecule has 2 amide bonds. The van der Waals surface area contributed by atoms with Crippen LogP contribution in [0.3, 0.4) is 0 Å². The number of nitrogens with zero attached hydrogens (tertiary/aromatic N) is 1. The number of benzene rings is 2. The standard InChI is InChI=1S/C28H37N3O7/c1-36-23-17-20(7-10-22(23)32)8-11-26(33)30-14-6-16-31(15-5-4-13-29)27(34)12-9-21-18-24(37-2)28(35)25(19-21)38-3/h7-12,17-19,32,35H,4-6,13-16,29H2,1-3H3,(H,30,33)/b11-8+,12-9+. The van der Waals surface area contributed by atoms with E-state index in [2.05, 4.69) is 5.32 Å². The fraction of sp³-hybridized carbons (Fsp3) is 0.357. The van der Waals surface area contributed by atoms with Crippen molar-refractivity contribution in [2.24, 2.45) is 5.73 Å². The van der Waals surface area contributed by atoms with Crippen LogP contribution in [0.4, 0.5) is 0 Å². The molecule has 2 aromatic carbocycles. The fourth-order valence-corrected chi connectivity index (χ4v) is 3.57. The zero-order chi connectivity index (χ0) is 27.9. The Morgan fingerprint density at radius 2 is 1.47 bits per heavy atom. The Bertz CT molecular complexity index is 1110. The minimum Gasteiger partial charge on any atom is -0.504 e. The smallest absolute Gasteiger partial charge is 0.246 e. The quantitative estimate of drug-likeness (QED) is 0.204. The average molecular weight is 528 g/mol. The third-order valence-electron chi connectivity index (χ3n) is 5.65. The molecule has 0 heterocycles. The van der Waals surface area contributed by atoms with Gasteiger partial charge in [-0.1, -0.05) is 6.07 Å². The molecular formula is C28H37N3O7. The van der Waals surface area contributed by atoms with Crippen molar-refractivity contribution in [2.75, 3.05) is 47.5 Å². The lowest BCUT2D eigenvalue weighted by molar-refractivity contribution is -0.126. The lowest BCUT2D eigenvalue weighted by Crippen LogP contribution is -2.34. The van der Waals surface area contributed by atoms with Gasteiger partial charge in [-0.3, -0.25) is 9.59 Å². The SMILES string of the molecule is COc1cc(/C=C/C(=O)NCCCN(CCCCN)C(=O)/C=C/c2cc(OC)c(O)c(OC)c2)ccc1O. The molecule has 0 unspecified atom stereocenters. The van der Waals surface area contributed by atoms with Gasteiger partial charge in [-0.15, -0.1) is 0 Å². The van der Waals surface area contributed by atoms with Crippen LogP contribution in [0.15, 0.2) is 42.5 Å². The van der Waals surface area contributed by atoms with Crippen LogP contribution in [0.5, 0.6) is 28.7 Å². The number of ether oxygens (including phenoxy) is 3. The van der Waals surface area contributed by atoms with Crippen molar-refractivity contribution in [1.29, 1.82) is 0 Å². The summed E-state index contributed by atoms with van der Waals surface area (Å²) in [4.78, 5) is 26.8. The van der Waals surface area contributed by atoms with Crippen molar-refractivity contribution in [2.45, 2.75) is 19.3 Å². The van der Waals surface area contributed by atoms with Crippen LogP contribution in [0.2, 0.25) is 0 Å². The van der Waals surface area contributed by atoms with Gasteiger partial charge in [0, 0.05) is 31.8 Å². The molecule has 0 bridgehead atoms. The van der Waals surface area contributed by atoms with Crippen molar-refractivity contribution in [1.82, 2.24) is 10.2 Å². The number of phenols is 2. The van der Waals surface area contributed by atoms with Gasteiger partial charge in [-0.05, 0) is 73.4 Å². The molecule has 2 rings (SSSR count). The van der Waals surface area contributed by atoms with E-state index in [9.17, 15) is 19.8 Å². The maximum atomic E-state index is 12.9. The lowest BCUT2D eigenvalue weighted by Gasteiger charge is -2.21. The van der Waals surface area contributed by atoms with Crippen LogP contribution in [-0.4, -0.2) is 74.4 Å². The molecule has 10 heteroatoms. The number of methoxy groups -OCH3 is 3. The Morgan fingerprint density at radius 3 is 2.11 bits per heavy atom. The highest BCUT2D eigenvalue weighted by Gasteiger charge is 2.13. The number of rotatable bonds is 15. The molecule has 0 saturated heterocycles. The molecule has 0 aliphatic heterocycles. The first-order valence-corrected chi connectivity index (χ1v) is 12.3. The summed E-state index contributed by atoms with van der Waals surface area (Å²) in [5, 5.41) is 22.5. The third kappa shape index (κ3) is 9.36. The summed E-state index contributed by atoms with van der Waals surface area (Å²) in [6, 6.07) is 8.01. The van der Waals surface area contributed by atoms with E-state index in [1.165, 1.54) is 39.5 Å².